The van der Waals surface area contributed by atoms with Crippen LogP contribution in [0.25, 0.3) is 0 Å². The smallest absolute Gasteiger partial charge is 0.191 e. The van der Waals surface area contributed by atoms with Crippen LogP contribution >= 0.6 is 0 Å². The number of ether oxygens (including phenoxy) is 2. The first-order valence-corrected chi connectivity index (χ1v) is 9.55. The normalized spacial score (nSPS) is 26.8. The number of nitrogens with zero attached hydrogens (tertiary/aromatic N) is 2. The molecule has 2 rings (SSSR count). The van der Waals surface area contributed by atoms with Crippen molar-refractivity contribution in [1.29, 1.82) is 0 Å². The van der Waals surface area contributed by atoms with Gasteiger partial charge in [-0.1, -0.05) is 13.8 Å². The molecular formula is C18H36N4O3. The van der Waals surface area contributed by atoms with E-state index >= 15 is 0 Å². The van der Waals surface area contributed by atoms with Crippen LogP contribution in [0.15, 0.2) is 4.99 Å². The monoisotopic (exact) mass is 356 g/mol. The molecule has 0 saturated carbocycles. The van der Waals surface area contributed by atoms with Gasteiger partial charge in [-0.3, -0.25) is 9.89 Å². The zero-order valence-electron chi connectivity index (χ0n) is 16.1. The van der Waals surface area contributed by atoms with Gasteiger partial charge >= 0.3 is 0 Å². The van der Waals surface area contributed by atoms with E-state index in [0.29, 0.717) is 18.6 Å². The molecule has 2 heterocycles. The van der Waals surface area contributed by atoms with Gasteiger partial charge in [0, 0.05) is 57.9 Å². The first-order valence-electron chi connectivity index (χ1n) is 9.55. The number of rotatable bonds is 8. The van der Waals surface area contributed by atoms with Crippen LogP contribution in [-0.2, 0) is 9.47 Å². The molecule has 2 atom stereocenters. The minimum atomic E-state index is 0.0219. The van der Waals surface area contributed by atoms with E-state index in [-0.39, 0.29) is 12.0 Å². The third-order valence-electron chi connectivity index (χ3n) is 5.44. The van der Waals surface area contributed by atoms with Crippen molar-refractivity contribution in [2.75, 3.05) is 66.3 Å². The number of aliphatic imine (C=N–C) groups is 1. The van der Waals surface area contributed by atoms with Gasteiger partial charge in [-0.05, 0) is 18.8 Å². The fourth-order valence-electron chi connectivity index (χ4n) is 3.70. The van der Waals surface area contributed by atoms with Crippen molar-refractivity contribution in [2.24, 2.45) is 16.3 Å². The Kier molecular flexibility index (Phi) is 8.42. The summed E-state index contributed by atoms with van der Waals surface area (Å²) < 4.78 is 11.0. The second-order valence-electron chi connectivity index (χ2n) is 7.54. The summed E-state index contributed by atoms with van der Waals surface area (Å²) in [7, 11) is 1.80. The van der Waals surface area contributed by atoms with E-state index in [9.17, 15) is 5.11 Å². The second-order valence-corrected chi connectivity index (χ2v) is 7.54. The summed E-state index contributed by atoms with van der Waals surface area (Å²) in [5, 5.41) is 16.3. The maximum absolute atomic E-state index is 9.35. The first-order chi connectivity index (χ1) is 12.1. The Bertz CT molecular complexity index is 405. The first kappa shape index (κ1) is 20.4. The van der Waals surface area contributed by atoms with Crippen LogP contribution in [-0.4, -0.2) is 88.3 Å². The summed E-state index contributed by atoms with van der Waals surface area (Å²) >= 11 is 0. The average molecular weight is 357 g/mol. The van der Waals surface area contributed by atoms with Crippen LogP contribution in [0.3, 0.4) is 0 Å². The highest BCUT2D eigenvalue weighted by Gasteiger charge is 2.34. The standard InChI is InChI=1S/C18H36N4O3/c1-15(2)16(22-6-10-24-11-7-22)12-20-17(19-3)21-13-18(4-8-23)5-9-25-14-18/h15-16,23H,4-14H2,1-3H3,(H2,19,20,21). The maximum atomic E-state index is 9.35. The van der Waals surface area contributed by atoms with Gasteiger partial charge in [-0.25, -0.2) is 0 Å². The highest BCUT2D eigenvalue weighted by molar-refractivity contribution is 5.79. The number of aliphatic hydroxyl groups is 1. The molecule has 2 unspecified atom stereocenters. The average Bonchev–Trinajstić information content (AvgIpc) is 3.07. The zero-order valence-corrected chi connectivity index (χ0v) is 16.1. The van der Waals surface area contributed by atoms with E-state index in [4.69, 9.17) is 9.47 Å². The van der Waals surface area contributed by atoms with E-state index in [1.54, 1.807) is 7.05 Å². The number of aliphatic hydroxyl groups excluding tert-OH is 1. The Morgan fingerprint density at radius 1 is 1.20 bits per heavy atom. The predicted octanol–water partition coefficient (Wildman–Crippen LogP) is 0.297. The van der Waals surface area contributed by atoms with Gasteiger partial charge in [-0.15, -0.1) is 0 Å². The van der Waals surface area contributed by atoms with Gasteiger partial charge in [0.1, 0.15) is 0 Å². The Labute approximate surface area is 152 Å². The van der Waals surface area contributed by atoms with Crippen LogP contribution in [0.2, 0.25) is 0 Å². The molecule has 146 valence electrons. The molecule has 2 fully saturated rings. The van der Waals surface area contributed by atoms with Crippen LogP contribution in [0.5, 0.6) is 0 Å². The largest absolute Gasteiger partial charge is 0.396 e. The van der Waals surface area contributed by atoms with Crippen molar-refractivity contribution in [1.82, 2.24) is 15.5 Å². The molecule has 0 spiro atoms. The van der Waals surface area contributed by atoms with E-state index in [2.05, 4.69) is 34.4 Å². The van der Waals surface area contributed by atoms with E-state index in [1.807, 2.05) is 0 Å². The Morgan fingerprint density at radius 2 is 1.96 bits per heavy atom. The molecule has 0 bridgehead atoms. The van der Waals surface area contributed by atoms with Crippen molar-refractivity contribution in [2.45, 2.75) is 32.7 Å². The predicted molar refractivity (Wildman–Crippen MR) is 100.0 cm³/mol. The molecule has 0 aliphatic carbocycles. The van der Waals surface area contributed by atoms with Crippen molar-refractivity contribution in [3.8, 4) is 0 Å². The molecule has 0 aromatic rings. The molecule has 25 heavy (non-hydrogen) atoms. The molecule has 2 aliphatic rings. The number of guanidine groups is 1. The third-order valence-corrected chi connectivity index (χ3v) is 5.44. The Hall–Kier alpha value is -0.890. The fourth-order valence-corrected chi connectivity index (χ4v) is 3.70. The van der Waals surface area contributed by atoms with Gasteiger partial charge in [-0.2, -0.15) is 0 Å². The molecule has 7 heteroatoms. The molecular weight excluding hydrogens is 320 g/mol. The molecule has 7 nitrogen and oxygen atoms in total. The van der Waals surface area contributed by atoms with Crippen molar-refractivity contribution < 1.29 is 14.6 Å². The van der Waals surface area contributed by atoms with Crippen molar-refractivity contribution >= 4 is 5.96 Å². The highest BCUT2D eigenvalue weighted by atomic mass is 16.5. The van der Waals surface area contributed by atoms with Gasteiger partial charge in [0.05, 0.1) is 19.8 Å². The molecule has 0 aromatic heterocycles. The summed E-state index contributed by atoms with van der Waals surface area (Å²) in [6, 6.07) is 0.462. The van der Waals surface area contributed by atoms with Gasteiger partial charge in [0.15, 0.2) is 5.96 Å². The lowest BCUT2D eigenvalue weighted by atomic mass is 9.84. The summed E-state index contributed by atoms with van der Waals surface area (Å²) in [4.78, 5) is 6.87. The molecule has 3 N–H and O–H groups in total. The lowest BCUT2D eigenvalue weighted by molar-refractivity contribution is 0.00751. The summed E-state index contributed by atoms with van der Waals surface area (Å²) in [6.07, 6.45) is 1.75. The maximum Gasteiger partial charge on any atom is 0.191 e. The molecule has 0 radical (unpaired) electrons. The van der Waals surface area contributed by atoms with Gasteiger partial charge < -0.3 is 25.2 Å². The third kappa shape index (κ3) is 6.09. The Morgan fingerprint density at radius 3 is 2.52 bits per heavy atom. The SMILES string of the molecule is CN=C(NCC(C(C)C)N1CCOCC1)NCC1(CCO)CCOC1. The number of nitrogens with one attached hydrogen (secondary N) is 2. The lowest BCUT2D eigenvalue weighted by Gasteiger charge is -2.37. The van der Waals surface area contributed by atoms with Crippen LogP contribution < -0.4 is 10.6 Å². The number of morpholine rings is 1. The van der Waals surface area contributed by atoms with Crippen molar-refractivity contribution in [3.63, 3.8) is 0 Å². The van der Waals surface area contributed by atoms with E-state index < -0.39 is 0 Å². The summed E-state index contributed by atoms with van der Waals surface area (Å²) in [6.45, 7) is 11.5. The molecule has 2 aliphatic heterocycles. The van der Waals surface area contributed by atoms with Gasteiger partial charge in [0.25, 0.3) is 0 Å². The second kappa shape index (κ2) is 10.3. The minimum Gasteiger partial charge on any atom is -0.396 e. The van der Waals surface area contributed by atoms with E-state index in [1.165, 1.54) is 0 Å². The van der Waals surface area contributed by atoms with Crippen LogP contribution in [0.4, 0.5) is 0 Å². The topological polar surface area (TPSA) is 78.4 Å². The summed E-state index contributed by atoms with van der Waals surface area (Å²) in [5.74, 6) is 1.38. The van der Waals surface area contributed by atoms with Crippen LogP contribution in [0, 0.1) is 11.3 Å². The number of hydrogen-bond acceptors (Lipinski definition) is 5. The fraction of sp³-hybridized carbons (Fsp3) is 0.944. The number of hydrogen-bond donors (Lipinski definition) is 3. The summed E-state index contributed by atoms with van der Waals surface area (Å²) in [5.41, 5.74) is 0.0219. The molecule has 2 saturated heterocycles. The van der Waals surface area contributed by atoms with Crippen LogP contribution in [0.1, 0.15) is 26.7 Å². The lowest BCUT2D eigenvalue weighted by Crippen LogP contribution is -2.53. The molecule has 0 aromatic carbocycles. The van der Waals surface area contributed by atoms with Gasteiger partial charge in [0.2, 0.25) is 0 Å². The van der Waals surface area contributed by atoms with E-state index in [0.717, 1.165) is 64.8 Å². The molecule has 0 amide bonds. The Balaban J connectivity index is 1.83. The van der Waals surface area contributed by atoms with Crippen molar-refractivity contribution in [3.05, 3.63) is 0 Å². The quantitative estimate of drug-likeness (QED) is 0.429. The zero-order chi connectivity index (χ0) is 18.1. The minimum absolute atomic E-state index is 0.0219. The highest BCUT2D eigenvalue weighted by Crippen LogP contribution is 2.31.